The number of rotatable bonds is 4. The Bertz CT molecular complexity index is 261. The van der Waals surface area contributed by atoms with E-state index in [9.17, 15) is 0 Å². The van der Waals surface area contributed by atoms with E-state index in [0.717, 1.165) is 26.1 Å². The molecule has 2 rings (SSSR count). The first-order chi connectivity index (χ1) is 7.72. The Morgan fingerprint density at radius 3 is 3.06 bits per heavy atom. The molecule has 16 heavy (non-hydrogen) atoms. The molecule has 92 valence electrons. The maximum atomic E-state index is 5.96. The van der Waals surface area contributed by atoms with Crippen molar-refractivity contribution in [1.82, 2.24) is 4.90 Å². The monoisotopic (exact) mass is 225 g/mol. The van der Waals surface area contributed by atoms with Gasteiger partial charge in [0, 0.05) is 13.2 Å². The summed E-state index contributed by atoms with van der Waals surface area (Å²) < 4.78 is 5.67. The summed E-state index contributed by atoms with van der Waals surface area (Å²) in [4.78, 5) is 6.63. The topological polar surface area (TPSA) is 50.8 Å². The lowest BCUT2D eigenvalue weighted by Crippen LogP contribution is -2.47. The second-order valence-corrected chi connectivity index (χ2v) is 4.94. The molecule has 4 nitrogen and oxygen atoms in total. The Morgan fingerprint density at radius 1 is 1.62 bits per heavy atom. The Balaban J connectivity index is 1.95. The molecule has 1 saturated heterocycles. The lowest BCUT2D eigenvalue weighted by Gasteiger charge is -2.31. The molecule has 0 aromatic rings. The van der Waals surface area contributed by atoms with E-state index in [-0.39, 0.29) is 0 Å². The number of ether oxygens (including phenoxy) is 1. The highest BCUT2D eigenvalue weighted by atomic mass is 16.5. The summed E-state index contributed by atoms with van der Waals surface area (Å²) in [5.74, 6) is 1.35. The van der Waals surface area contributed by atoms with Crippen LogP contribution in [0.2, 0.25) is 0 Å². The van der Waals surface area contributed by atoms with Crippen molar-refractivity contribution >= 4 is 5.96 Å². The van der Waals surface area contributed by atoms with Crippen molar-refractivity contribution in [3.8, 4) is 0 Å². The van der Waals surface area contributed by atoms with Crippen LogP contribution < -0.4 is 5.73 Å². The minimum absolute atomic E-state index is 0.360. The van der Waals surface area contributed by atoms with E-state index < -0.39 is 0 Å². The van der Waals surface area contributed by atoms with Crippen molar-refractivity contribution in [3.63, 3.8) is 0 Å². The van der Waals surface area contributed by atoms with Crippen LogP contribution in [0.1, 0.15) is 33.1 Å². The van der Waals surface area contributed by atoms with E-state index in [4.69, 9.17) is 10.5 Å². The van der Waals surface area contributed by atoms with Crippen molar-refractivity contribution in [2.45, 2.75) is 45.3 Å². The van der Waals surface area contributed by atoms with Crippen LogP contribution in [-0.2, 0) is 4.74 Å². The van der Waals surface area contributed by atoms with Crippen LogP contribution in [0, 0.1) is 5.92 Å². The van der Waals surface area contributed by atoms with E-state index in [1.807, 2.05) is 0 Å². The van der Waals surface area contributed by atoms with Gasteiger partial charge in [-0.05, 0) is 18.8 Å². The molecular weight excluding hydrogens is 202 g/mol. The lowest BCUT2D eigenvalue weighted by molar-refractivity contribution is 0.0791. The van der Waals surface area contributed by atoms with Gasteiger partial charge in [0.15, 0.2) is 5.96 Å². The summed E-state index contributed by atoms with van der Waals surface area (Å²) >= 11 is 0. The second-order valence-electron chi connectivity index (χ2n) is 4.94. The molecule has 0 aromatic heterocycles. The Labute approximate surface area is 97.9 Å². The molecule has 4 heteroatoms. The predicted molar refractivity (Wildman–Crippen MR) is 65.4 cm³/mol. The van der Waals surface area contributed by atoms with E-state index in [2.05, 4.69) is 23.7 Å². The van der Waals surface area contributed by atoms with Gasteiger partial charge in [0.1, 0.15) is 0 Å². The molecule has 2 heterocycles. The number of nitrogens with zero attached hydrogens (tertiary/aromatic N) is 2. The van der Waals surface area contributed by atoms with Crippen molar-refractivity contribution in [2.24, 2.45) is 16.6 Å². The number of nitrogens with two attached hydrogens (primary N) is 1. The molecule has 3 atom stereocenters. The minimum Gasteiger partial charge on any atom is -0.376 e. The van der Waals surface area contributed by atoms with Crippen LogP contribution in [0.5, 0.6) is 0 Å². The van der Waals surface area contributed by atoms with Crippen LogP contribution in [0.25, 0.3) is 0 Å². The normalized spacial score (nSPS) is 31.9. The van der Waals surface area contributed by atoms with Crippen LogP contribution >= 0.6 is 0 Å². The molecule has 3 unspecified atom stereocenters. The molecule has 0 radical (unpaired) electrons. The Hall–Kier alpha value is -0.770. The minimum atomic E-state index is 0.360. The second kappa shape index (κ2) is 5.04. The van der Waals surface area contributed by atoms with Crippen molar-refractivity contribution in [3.05, 3.63) is 0 Å². The van der Waals surface area contributed by atoms with Gasteiger partial charge in [-0.15, -0.1) is 0 Å². The predicted octanol–water partition coefficient (Wildman–Crippen LogP) is 1.21. The molecule has 0 spiro atoms. The number of guanidine groups is 1. The summed E-state index contributed by atoms with van der Waals surface area (Å²) in [5.41, 5.74) is 5.96. The van der Waals surface area contributed by atoms with E-state index in [1.165, 1.54) is 12.8 Å². The van der Waals surface area contributed by atoms with Crippen LogP contribution in [0.15, 0.2) is 4.99 Å². The van der Waals surface area contributed by atoms with E-state index >= 15 is 0 Å². The average molecular weight is 225 g/mol. The standard InChI is InChI=1S/C12H23N3O/c1-3-9(2)11-7-14-12(13)15(11)8-10-5-4-6-16-10/h9-11H,3-8H2,1-2H3,(H2,13,14). The van der Waals surface area contributed by atoms with Gasteiger partial charge < -0.3 is 15.4 Å². The maximum Gasteiger partial charge on any atom is 0.191 e. The SMILES string of the molecule is CCC(C)C1CN=C(N)N1CC1CCCO1. The van der Waals surface area contributed by atoms with Gasteiger partial charge in [0.25, 0.3) is 0 Å². The highest BCUT2D eigenvalue weighted by Gasteiger charge is 2.32. The van der Waals surface area contributed by atoms with Crippen molar-refractivity contribution < 1.29 is 4.74 Å². The van der Waals surface area contributed by atoms with E-state index in [0.29, 0.717) is 24.0 Å². The molecule has 1 fully saturated rings. The smallest absolute Gasteiger partial charge is 0.191 e. The maximum absolute atomic E-state index is 5.96. The molecule has 2 aliphatic rings. The quantitative estimate of drug-likeness (QED) is 0.782. The molecule has 0 aromatic carbocycles. The fraction of sp³-hybridized carbons (Fsp3) is 0.917. The third-order valence-corrected chi connectivity index (χ3v) is 3.86. The van der Waals surface area contributed by atoms with Gasteiger partial charge in [-0.3, -0.25) is 4.99 Å². The molecule has 0 amide bonds. The summed E-state index contributed by atoms with van der Waals surface area (Å²) in [6.07, 6.45) is 3.88. The summed E-state index contributed by atoms with van der Waals surface area (Å²) in [6.45, 7) is 7.19. The van der Waals surface area contributed by atoms with Crippen LogP contribution in [0.4, 0.5) is 0 Å². The number of hydrogen-bond acceptors (Lipinski definition) is 4. The first-order valence-corrected chi connectivity index (χ1v) is 6.40. The van der Waals surface area contributed by atoms with Gasteiger partial charge in [-0.1, -0.05) is 20.3 Å². The largest absolute Gasteiger partial charge is 0.376 e. The Morgan fingerprint density at radius 2 is 2.44 bits per heavy atom. The zero-order valence-corrected chi connectivity index (χ0v) is 10.4. The molecule has 2 aliphatic heterocycles. The number of hydrogen-bond donors (Lipinski definition) is 1. The third kappa shape index (κ3) is 2.32. The Kier molecular flexibility index (Phi) is 3.69. The summed E-state index contributed by atoms with van der Waals surface area (Å²) in [7, 11) is 0. The number of aliphatic imine (C=N–C) groups is 1. The van der Waals surface area contributed by atoms with Crippen molar-refractivity contribution in [1.29, 1.82) is 0 Å². The molecule has 0 aliphatic carbocycles. The molecule has 0 bridgehead atoms. The fourth-order valence-corrected chi connectivity index (χ4v) is 2.54. The summed E-state index contributed by atoms with van der Waals surface area (Å²) in [5, 5.41) is 0. The zero-order chi connectivity index (χ0) is 11.5. The van der Waals surface area contributed by atoms with Crippen LogP contribution in [-0.4, -0.2) is 42.7 Å². The van der Waals surface area contributed by atoms with Crippen molar-refractivity contribution in [2.75, 3.05) is 19.7 Å². The van der Waals surface area contributed by atoms with Gasteiger partial charge in [0.2, 0.25) is 0 Å². The highest BCUT2D eigenvalue weighted by molar-refractivity contribution is 5.80. The fourth-order valence-electron chi connectivity index (χ4n) is 2.54. The van der Waals surface area contributed by atoms with Gasteiger partial charge in [-0.2, -0.15) is 0 Å². The van der Waals surface area contributed by atoms with E-state index in [1.54, 1.807) is 0 Å². The zero-order valence-electron chi connectivity index (χ0n) is 10.4. The van der Waals surface area contributed by atoms with Gasteiger partial charge in [-0.25, -0.2) is 0 Å². The first-order valence-electron chi connectivity index (χ1n) is 6.40. The van der Waals surface area contributed by atoms with Crippen LogP contribution in [0.3, 0.4) is 0 Å². The van der Waals surface area contributed by atoms with Gasteiger partial charge in [0.05, 0.1) is 18.7 Å². The average Bonchev–Trinajstić information content (AvgIpc) is 2.90. The summed E-state index contributed by atoms with van der Waals surface area (Å²) in [6, 6.07) is 0.481. The first kappa shape index (κ1) is 11.7. The molecule has 0 saturated carbocycles. The van der Waals surface area contributed by atoms with Gasteiger partial charge >= 0.3 is 0 Å². The molecule has 2 N–H and O–H groups in total. The third-order valence-electron chi connectivity index (χ3n) is 3.86. The highest BCUT2D eigenvalue weighted by Crippen LogP contribution is 2.22. The lowest BCUT2D eigenvalue weighted by atomic mass is 9.98. The molecular formula is C12H23N3O.